The second-order valence-corrected chi connectivity index (χ2v) is 10.6. The number of hydrogen-bond donors (Lipinski definition) is 0. The zero-order valence-electron chi connectivity index (χ0n) is 22.4. The van der Waals surface area contributed by atoms with Crippen LogP contribution in [0, 0.1) is 0 Å². The van der Waals surface area contributed by atoms with Crippen LogP contribution >= 0.6 is 11.8 Å². The van der Waals surface area contributed by atoms with Gasteiger partial charge in [-0.2, -0.15) is 0 Å². The number of benzene rings is 3. The van der Waals surface area contributed by atoms with Gasteiger partial charge in [-0.1, -0.05) is 70.2 Å². The summed E-state index contributed by atoms with van der Waals surface area (Å²) < 4.78 is 5.58. The molecule has 0 bridgehead atoms. The van der Waals surface area contributed by atoms with E-state index in [1.165, 1.54) is 49.2 Å². The smallest absolute Gasteiger partial charge is 0.343 e. The van der Waals surface area contributed by atoms with E-state index in [1.54, 1.807) is 12.1 Å². The fourth-order valence-electron chi connectivity index (χ4n) is 4.14. The Morgan fingerprint density at radius 2 is 1.29 bits per heavy atom. The van der Waals surface area contributed by atoms with Crippen molar-refractivity contribution >= 4 is 17.7 Å². The molecule has 196 valence electrons. The Labute approximate surface area is 230 Å². The molecule has 0 N–H and O–H groups in total. The average Bonchev–Trinajstić information content (AvgIpc) is 2.97. The topological polar surface area (TPSA) is 52.1 Å². The van der Waals surface area contributed by atoms with E-state index in [2.05, 4.69) is 48.1 Å². The summed E-state index contributed by atoms with van der Waals surface area (Å²) >= 11 is 1.93. The van der Waals surface area contributed by atoms with Crippen LogP contribution in [0.15, 0.2) is 90.1 Å². The van der Waals surface area contributed by atoms with E-state index < -0.39 is 0 Å². The van der Waals surface area contributed by atoms with Crippen LogP contribution in [0.2, 0.25) is 0 Å². The highest BCUT2D eigenvalue weighted by molar-refractivity contribution is 7.99. The highest BCUT2D eigenvalue weighted by atomic mass is 32.2. The first kappa shape index (κ1) is 27.6. The lowest BCUT2D eigenvalue weighted by Gasteiger charge is -2.08. The standard InChI is InChI=1S/C33H36N2O2S/c1-3-5-6-7-8-9-22-38-31-20-16-27(17-21-31)26-10-12-29(13-11-26)33(36)37-30-18-14-28(15-19-30)32-34-23-25(4-2)24-35-32/h10-21,23-24H,3-9,22H2,1-2H3. The van der Waals surface area contributed by atoms with Crippen molar-refractivity contribution in [2.45, 2.75) is 63.7 Å². The Morgan fingerprint density at radius 1 is 0.711 bits per heavy atom. The SMILES string of the molecule is CCCCCCCCSc1ccc(-c2ccc(C(=O)Oc3ccc(-c4ncc(CC)cn4)cc3)cc2)cc1. The number of unbranched alkanes of at least 4 members (excludes halogenated alkanes) is 5. The average molecular weight is 525 g/mol. The highest BCUT2D eigenvalue weighted by Gasteiger charge is 2.10. The first-order valence-electron chi connectivity index (χ1n) is 13.6. The molecule has 1 aromatic heterocycles. The molecule has 0 unspecified atom stereocenters. The summed E-state index contributed by atoms with van der Waals surface area (Å²) in [7, 11) is 0. The van der Waals surface area contributed by atoms with Gasteiger partial charge in [-0.3, -0.25) is 0 Å². The van der Waals surface area contributed by atoms with Gasteiger partial charge in [0.25, 0.3) is 0 Å². The van der Waals surface area contributed by atoms with Crippen molar-refractivity contribution in [2.75, 3.05) is 5.75 Å². The van der Waals surface area contributed by atoms with Crippen LogP contribution in [0.3, 0.4) is 0 Å². The Kier molecular flexibility index (Phi) is 10.5. The van der Waals surface area contributed by atoms with E-state index in [0.717, 1.165) is 28.7 Å². The van der Waals surface area contributed by atoms with Crippen molar-refractivity contribution < 1.29 is 9.53 Å². The zero-order chi connectivity index (χ0) is 26.6. The zero-order valence-corrected chi connectivity index (χ0v) is 23.2. The van der Waals surface area contributed by atoms with E-state index in [-0.39, 0.29) is 5.97 Å². The Balaban J connectivity index is 1.27. The third-order valence-corrected chi connectivity index (χ3v) is 7.61. The summed E-state index contributed by atoms with van der Waals surface area (Å²) in [6, 6.07) is 23.5. The number of nitrogens with zero attached hydrogens (tertiary/aromatic N) is 2. The number of esters is 1. The van der Waals surface area contributed by atoms with E-state index >= 15 is 0 Å². The Morgan fingerprint density at radius 3 is 1.92 bits per heavy atom. The quantitative estimate of drug-likeness (QED) is 0.0756. The minimum atomic E-state index is -0.380. The Bertz CT molecular complexity index is 1270. The van der Waals surface area contributed by atoms with Crippen LogP contribution in [0.5, 0.6) is 5.75 Å². The van der Waals surface area contributed by atoms with E-state index in [9.17, 15) is 4.79 Å². The fourth-order valence-corrected chi connectivity index (χ4v) is 5.05. The van der Waals surface area contributed by atoms with E-state index in [0.29, 0.717) is 17.1 Å². The number of aromatic nitrogens is 2. The van der Waals surface area contributed by atoms with Crippen LogP contribution in [-0.2, 0) is 6.42 Å². The molecule has 38 heavy (non-hydrogen) atoms. The minimum absolute atomic E-state index is 0.380. The fraction of sp³-hybridized carbons (Fsp3) is 0.303. The molecule has 4 nitrogen and oxygen atoms in total. The Hall–Kier alpha value is -3.44. The van der Waals surface area contributed by atoms with Crippen LogP contribution in [0.1, 0.15) is 68.3 Å². The maximum atomic E-state index is 12.7. The van der Waals surface area contributed by atoms with Gasteiger partial charge in [0.05, 0.1) is 5.56 Å². The van der Waals surface area contributed by atoms with Crippen LogP contribution in [0.25, 0.3) is 22.5 Å². The third kappa shape index (κ3) is 8.03. The molecule has 0 aliphatic carbocycles. The molecular formula is C33H36N2O2S. The molecule has 0 radical (unpaired) electrons. The highest BCUT2D eigenvalue weighted by Crippen LogP contribution is 2.26. The van der Waals surface area contributed by atoms with E-state index in [1.807, 2.05) is 60.6 Å². The second-order valence-electron chi connectivity index (χ2n) is 9.40. The van der Waals surface area contributed by atoms with Gasteiger partial charge >= 0.3 is 5.97 Å². The molecule has 1 heterocycles. The summed E-state index contributed by atoms with van der Waals surface area (Å²) in [5.41, 5.74) is 4.71. The van der Waals surface area contributed by atoms with Crippen molar-refractivity contribution in [3.8, 4) is 28.3 Å². The van der Waals surface area contributed by atoms with Gasteiger partial charge in [0.1, 0.15) is 5.75 Å². The summed E-state index contributed by atoms with van der Waals surface area (Å²) in [4.78, 5) is 22.8. The lowest BCUT2D eigenvalue weighted by molar-refractivity contribution is 0.0735. The molecule has 0 aliphatic heterocycles. The minimum Gasteiger partial charge on any atom is -0.423 e. The monoisotopic (exact) mass is 524 g/mol. The lowest BCUT2D eigenvalue weighted by Crippen LogP contribution is -2.08. The van der Waals surface area contributed by atoms with Gasteiger partial charge in [0, 0.05) is 22.9 Å². The maximum absolute atomic E-state index is 12.7. The number of rotatable bonds is 13. The molecule has 5 heteroatoms. The number of thioether (sulfide) groups is 1. The predicted molar refractivity (Wildman–Crippen MR) is 158 cm³/mol. The van der Waals surface area contributed by atoms with Crippen LogP contribution in [0.4, 0.5) is 0 Å². The summed E-state index contributed by atoms with van der Waals surface area (Å²) in [6.07, 6.45) is 12.6. The lowest BCUT2D eigenvalue weighted by atomic mass is 10.0. The van der Waals surface area contributed by atoms with Crippen molar-refractivity contribution in [1.29, 1.82) is 0 Å². The maximum Gasteiger partial charge on any atom is 0.343 e. The third-order valence-electron chi connectivity index (χ3n) is 6.51. The summed E-state index contributed by atoms with van der Waals surface area (Å²) in [5.74, 6) is 1.93. The number of hydrogen-bond acceptors (Lipinski definition) is 5. The molecule has 0 amide bonds. The van der Waals surface area contributed by atoms with Gasteiger partial charge in [-0.25, -0.2) is 14.8 Å². The van der Waals surface area contributed by atoms with Crippen LogP contribution in [-0.4, -0.2) is 21.7 Å². The van der Waals surface area contributed by atoms with Gasteiger partial charge in [-0.05, 0) is 83.8 Å². The number of aryl methyl sites for hydroxylation is 1. The molecule has 0 saturated heterocycles. The molecule has 4 aromatic rings. The van der Waals surface area contributed by atoms with Gasteiger partial charge in [0.15, 0.2) is 5.82 Å². The molecule has 4 rings (SSSR count). The van der Waals surface area contributed by atoms with Crippen molar-refractivity contribution in [3.05, 3.63) is 96.3 Å². The normalized spacial score (nSPS) is 10.9. The number of carbonyl (C=O) groups is 1. The molecule has 0 fully saturated rings. The van der Waals surface area contributed by atoms with Crippen molar-refractivity contribution in [3.63, 3.8) is 0 Å². The second kappa shape index (κ2) is 14.5. The molecular weight excluding hydrogens is 488 g/mol. The van der Waals surface area contributed by atoms with Gasteiger partial charge < -0.3 is 4.74 Å². The summed E-state index contributed by atoms with van der Waals surface area (Å²) in [6.45, 7) is 4.33. The first-order chi connectivity index (χ1) is 18.7. The van der Waals surface area contributed by atoms with Gasteiger partial charge in [0.2, 0.25) is 0 Å². The van der Waals surface area contributed by atoms with Crippen molar-refractivity contribution in [2.24, 2.45) is 0 Å². The largest absolute Gasteiger partial charge is 0.423 e. The van der Waals surface area contributed by atoms with Gasteiger partial charge in [-0.15, -0.1) is 11.8 Å². The summed E-state index contributed by atoms with van der Waals surface area (Å²) in [5, 5.41) is 0. The molecule has 0 atom stereocenters. The molecule has 3 aromatic carbocycles. The predicted octanol–water partition coefficient (Wildman–Crippen LogP) is 9.04. The van der Waals surface area contributed by atoms with E-state index in [4.69, 9.17) is 4.74 Å². The molecule has 0 aliphatic rings. The number of carbonyl (C=O) groups excluding carboxylic acids is 1. The van der Waals surface area contributed by atoms with Crippen molar-refractivity contribution in [1.82, 2.24) is 9.97 Å². The molecule has 0 spiro atoms. The van der Waals surface area contributed by atoms with Crippen LogP contribution < -0.4 is 4.74 Å². The number of ether oxygens (including phenoxy) is 1. The first-order valence-corrected chi connectivity index (χ1v) is 14.6. The molecule has 0 saturated carbocycles.